The van der Waals surface area contributed by atoms with Crippen LogP contribution in [0.2, 0.25) is 5.15 Å². The number of carbonyl (C=O) groups is 2. The van der Waals surface area contributed by atoms with Crippen LogP contribution in [-0.2, 0) is 46.2 Å². The van der Waals surface area contributed by atoms with Gasteiger partial charge >= 0.3 is 24.2 Å². The number of pyridine rings is 7. The van der Waals surface area contributed by atoms with Crippen LogP contribution >= 0.6 is 27.5 Å². The Morgan fingerprint density at radius 3 is 1.41 bits per heavy atom. The molecule has 0 bridgehead atoms. The number of alkyl halides is 1. The summed E-state index contributed by atoms with van der Waals surface area (Å²) < 4.78 is 31.2. The molecule has 22 heteroatoms. The third kappa shape index (κ3) is 25.9. The van der Waals surface area contributed by atoms with E-state index >= 15 is 0 Å². The number of hydrogen-bond acceptors (Lipinski definition) is 19. The van der Waals surface area contributed by atoms with Gasteiger partial charge in [-0.05, 0) is 158 Å². The van der Waals surface area contributed by atoms with Gasteiger partial charge in [0, 0.05) is 49.9 Å². The lowest BCUT2D eigenvalue weighted by atomic mass is 10.1. The van der Waals surface area contributed by atoms with Gasteiger partial charge in [-0.1, -0.05) is 25.4 Å². The second-order valence-corrected chi connectivity index (χ2v) is 15.9. The number of aryl methyl sites for hydroxylation is 3. The standard InChI is InChI=1S/C21H18N4O2.C15H15BrN2O2.C7H6N2.C6H3ClN2.C4H8O.CH3F.2CO2/c1-3-14-7-8-23-18(9-14)20-11-16(21(26)27-4-2)10-19(25-20)17-6-5-15(12-22)13-24-17;1-3-10-5-6-17-12(7-10)13-8-11(9-14(16)18-13)15(19)20-4-2;1-6-2-3-7(4-8)5-9-6;7-6-2-1-5(3-8)4-9-6;1-2-4-5-3-1;1-2;2*2-1-3/h5-11,13H,3-4H2,1-2H3;5-9H,3-4H2,1-2H3;2-3,5H,1H3;1-2,4H;1-4H2;1H3;;/i;;;;;1D;;. The lowest BCUT2D eigenvalue weighted by molar-refractivity contribution is -0.193. The van der Waals surface area contributed by atoms with Crippen LogP contribution < -0.4 is 0 Å². The molecule has 0 aliphatic carbocycles. The van der Waals surface area contributed by atoms with E-state index in [9.17, 15) is 14.0 Å². The molecule has 0 aromatic carbocycles. The van der Waals surface area contributed by atoms with Crippen LogP contribution in [0.1, 0.15) is 96.1 Å². The quantitative estimate of drug-likeness (QED) is 0.0958. The van der Waals surface area contributed by atoms with Gasteiger partial charge in [0.05, 0.1) is 83.7 Å². The maximum atomic E-state index is 12.3. The maximum Gasteiger partial charge on any atom is 0.373 e. The Kier molecular flexibility index (Phi) is 33.5. The summed E-state index contributed by atoms with van der Waals surface area (Å²) in [5.74, 6) is -0.786. The van der Waals surface area contributed by atoms with E-state index in [2.05, 4.69) is 64.7 Å². The van der Waals surface area contributed by atoms with Crippen molar-refractivity contribution in [2.24, 2.45) is 0 Å². The lowest BCUT2D eigenvalue weighted by Crippen LogP contribution is -2.06. The molecule has 0 radical (unpaired) electrons. The Morgan fingerprint density at radius 2 is 1.04 bits per heavy atom. The van der Waals surface area contributed by atoms with Gasteiger partial charge in [0.1, 0.15) is 28.0 Å². The fourth-order valence-electron chi connectivity index (χ4n) is 5.85. The molecule has 0 unspecified atom stereocenters. The van der Waals surface area contributed by atoms with E-state index in [-0.39, 0.29) is 24.9 Å². The average Bonchev–Trinajstić information content (AvgIpc) is 4.09. The molecule has 7 aromatic heterocycles. The SMILES string of the molecule is C1CCOC1.CCOC(=O)c1cc(-c2ccc(C#N)cn2)nc(-c2cc(CC)ccn2)c1.CCOC(=O)c1cc(Br)nc(-c2cc(CC)ccn2)c1.Cc1ccc(C#N)cn1.N#Cc1ccc(Cl)nc1.O=C=O.O=C=O.[2H]CF. The number of hydrogen-bond donors (Lipinski definition) is 0. The number of nitriles is 3. The molecular formula is C56H53BrClFN10O9. The smallest absolute Gasteiger partial charge is 0.373 e. The van der Waals surface area contributed by atoms with Crippen molar-refractivity contribution in [3.63, 3.8) is 0 Å². The van der Waals surface area contributed by atoms with Crippen LogP contribution in [0.5, 0.6) is 0 Å². The molecule has 8 rings (SSSR count). The summed E-state index contributed by atoms with van der Waals surface area (Å²) in [4.78, 5) is 86.2. The summed E-state index contributed by atoms with van der Waals surface area (Å²) in [6, 6.07) is 30.6. The molecule has 8 heterocycles. The highest BCUT2D eigenvalue weighted by molar-refractivity contribution is 9.10. The molecule has 1 fully saturated rings. The van der Waals surface area contributed by atoms with E-state index in [1.165, 1.54) is 30.8 Å². The van der Waals surface area contributed by atoms with Crippen molar-refractivity contribution in [3.05, 3.63) is 170 Å². The zero-order chi connectivity index (χ0) is 58.8. The molecule has 1 aliphatic heterocycles. The predicted molar refractivity (Wildman–Crippen MR) is 286 cm³/mol. The number of aromatic nitrogens is 7. The van der Waals surface area contributed by atoms with E-state index in [1.54, 1.807) is 87.0 Å². The summed E-state index contributed by atoms with van der Waals surface area (Å²) in [5, 5.41) is 26.0. The lowest BCUT2D eigenvalue weighted by Gasteiger charge is -2.09. The molecule has 0 amide bonds. The highest BCUT2D eigenvalue weighted by atomic mass is 79.9. The summed E-state index contributed by atoms with van der Waals surface area (Å²) in [7, 11) is -1.00. The summed E-state index contributed by atoms with van der Waals surface area (Å²) in [6.07, 6.45) is 12.8. The Bertz CT molecular complexity index is 3090. The van der Waals surface area contributed by atoms with Crippen molar-refractivity contribution in [2.75, 3.05) is 33.6 Å². The van der Waals surface area contributed by atoms with Crippen molar-refractivity contribution < 1.29 is 48.7 Å². The number of rotatable bonds is 9. The largest absolute Gasteiger partial charge is 0.462 e. The zero-order valence-electron chi connectivity index (χ0n) is 44.1. The number of nitrogens with zero attached hydrogens (tertiary/aromatic N) is 10. The van der Waals surface area contributed by atoms with E-state index in [0.29, 0.717) is 72.7 Å². The third-order valence-corrected chi connectivity index (χ3v) is 10.1. The molecule has 0 N–H and O–H groups in total. The van der Waals surface area contributed by atoms with Crippen LogP contribution in [0.4, 0.5) is 4.39 Å². The van der Waals surface area contributed by atoms with Crippen molar-refractivity contribution in [2.45, 2.75) is 60.3 Å². The highest BCUT2D eigenvalue weighted by Crippen LogP contribution is 2.25. The topological polar surface area (TPSA) is 292 Å². The predicted octanol–water partition coefficient (Wildman–Crippen LogP) is 10.5. The van der Waals surface area contributed by atoms with Crippen molar-refractivity contribution in [1.29, 1.82) is 15.8 Å². The Morgan fingerprint density at radius 1 is 0.615 bits per heavy atom. The van der Waals surface area contributed by atoms with Crippen molar-refractivity contribution in [1.82, 2.24) is 34.9 Å². The Balaban J connectivity index is 0.000000520. The minimum atomic E-state index is -1.00. The number of halogens is 3. The van der Waals surface area contributed by atoms with E-state index in [1.807, 2.05) is 55.5 Å². The average molecular weight is 1150 g/mol. The second kappa shape index (κ2) is 40.2. The van der Waals surface area contributed by atoms with Crippen LogP contribution in [0.3, 0.4) is 0 Å². The minimum absolute atomic E-state index is 0.250. The zero-order valence-corrected chi connectivity index (χ0v) is 45.5. The first-order valence-electron chi connectivity index (χ1n) is 24.0. The Labute approximate surface area is 465 Å². The molecule has 0 atom stereocenters. The molecule has 0 spiro atoms. The van der Waals surface area contributed by atoms with Gasteiger partial charge in [0.25, 0.3) is 0 Å². The maximum absolute atomic E-state index is 12.3. The molecule has 19 nitrogen and oxygen atoms in total. The summed E-state index contributed by atoms with van der Waals surface area (Å²) in [5.41, 5.74) is 9.40. The van der Waals surface area contributed by atoms with Gasteiger partial charge in [0.2, 0.25) is 0 Å². The monoisotopic (exact) mass is 1140 g/mol. The molecule has 1 saturated heterocycles. The van der Waals surface area contributed by atoms with Gasteiger partial charge in [-0.15, -0.1) is 0 Å². The van der Waals surface area contributed by atoms with Crippen LogP contribution in [0.15, 0.2) is 121 Å². The number of carbonyl (C=O) groups excluding carboxylic acids is 6. The van der Waals surface area contributed by atoms with Crippen molar-refractivity contribution >= 4 is 51.8 Å². The van der Waals surface area contributed by atoms with Crippen molar-refractivity contribution in [3.8, 4) is 52.4 Å². The fourth-order valence-corrected chi connectivity index (χ4v) is 6.40. The molecule has 1 aliphatic rings. The Hall–Kier alpha value is -9.12. The molecule has 78 heavy (non-hydrogen) atoms. The first-order chi connectivity index (χ1) is 38.2. The van der Waals surface area contributed by atoms with Crippen LogP contribution in [0.25, 0.3) is 34.2 Å². The van der Waals surface area contributed by atoms with Gasteiger partial charge in [-0.25, -0.2) is 24.5 Å². The van der Waals surface area contributed by atoms with Gasteiger partial charge in [-0.2, -0.15) is 35.0 Å². The minimum Gasteiger partial charge on any atom is -0.462 e. The van der Waals surface area contributed by atoms with E-state index in [4.69, 9.17) is 62.1 Å². The first kappa shape index (κ1) is 65.0. The highest BCUT2D eigenvalue weighted by Gasteiger charge is 2.16. The number of esters is 2. The van der Waals surface area contributed by atoms with Gasteiger partial charge < -0.3 is 14.2 Å². The normalized spacial score (nSPS) is 10.1. The molecular weight excluding hydrogens is 1090 g/mol. The summed E-state index contributed by atoms with van der Waals surface area (Å²) in [6.45, 7) is 12.2. The van der Waals surface area contributed by atoms with Gasteiger partial charge in [0.15, 0.2) is 0 Å². The van der Waals surface area contributed by atoms with Crippen LogP contribution in [-0.4, -0.2) is 92.7 Å². The third-order valence-electron chi connectivity index (χ3n) is 9.51. The van der Waals surface area contributed by atoms with E-state index < -0.39 is 13.1 Å². The molecule has 0 saturated carbocycles. The van der Waals surface area contributed by atoms with Gasteiger partial charge in [-0.3, -0.25) is 24.3 Å². The second-order valence-electron chi connectivity index (χ2n) is 14.7. The molecule has 7 aromatic rings. The molecule has 402 valence electrons. The summed E-state index contributed by atoms with van der Waals surface area (Å²) >= 11 is 8.77. The number of ether oxygens (including phenoxy) is 3. The fraction of sp³-hybridized carbons (Fsp3) is 0.250. The van der Waals surface area contributed by atoms with Crippen LogP contribution in [0, 0.1) is 40.9 Å². The van der Waals surface area contributed by atoms with E-state index in [0.717, 1.165) is 43.0 Å². The first-order valence-corrected chi connectivity index (χ1v) is 24.4.